The molecule has 29 heavy (non-hydrogen) atoms. The lowest BCUT2D eigenvalue weighted by Gasteiger charge is -2.27. The lowest BCUT2D eigenvalue weighted by atomic mass is 9.80. The summed E-state index contributed by atoms with van der Waals surface area (Å²) in [7, 11) is 0. The Hall–Kier alpha value is -2.23. The SMILES string of the molecule is CCCCC1CCC(C(=O)Oc2ccc(CCc3ccc(F)c(F)c3)cc2)CC1. The summed E-state index contributed by atoms with van der Waals surface area (Å²) >= 11 is 0. The molecule has 0 bridgehead atoms. The van der Waals surface area contributed by atoms with Gasteiger partial charge in [-0.2, -0.15) is 0 Å². The zero-order valence-electron chi connectivity index (χ0n) is 17.1. The first-order valence-electron chi connectivity index (χ1n) is 10.8. The Bertz CT molecular complexity index is 793. The van der Waals surface area contributed by atoms with Crippen molar-refractivity contribution in [3.8, 4) is 5.75 Å². The lowest BCUT2D eigenvalue weighted by molar-refractivity contribution is -0.140. The van der Waals surface area contributed by atoms with Crippen LogP contribution >= 0.6 is 0 Å². The molecule has 0 aliphatic heterocycles. The summed E-state index contributed by atoms with van der Waals surface area (Å²) in [4.78, 5) is 12.5. The van der Waals surface area contributed by atoms with E-state index in [1.807, 2.05) is 24.3 Å². The van der Waals surface area contributed by atoms with Gasteiger partial charge in [0.2, 0.25) is 0 Å². The molecule has 0 spiro atoms. The molecule has 0 heterocycles. The molecule has 0 aromatic heterocycles. The number of esters is 1. The van der Waals surface area contributed by atoms with Crippen LogP contribution in [0.3, 0.4) is 0 Å². The van der Waals surface area contributed by atoms with Crippen LogP contribution in [0, 0.1) is 23.5 Å². The van der Waals surface area contributed by atoms with Crippen molar-refractivity contribution in [3.63, 3.8) is 0 Å². The van der Waals surface area contributed by atoms with Gasteiger partial charge in [0.1, 0.15) is 5.75 Å². The van der Waals surface area contributed by atoms with E-state index in [1.165, 1.54) is 25.3 Å². The van der Waals surface area contributed by atoms with Gasteiger partial charge in [0.25, 0.3) is 0 Å². The molecule has 0 unspecified atom stereocenters. The molecule has 1 aliphatic rings. The number of benzene rings is 2. The van der Waals surface area contributed by atoms with Crippen molar-refractivity contribution in [2.75, 3.05) is 0 Å². The predicted molar refractivity (Wildman–Crippen MR) is 111 cm³/mol. The van der Waals surface area contributed by atoms with Gasteiger partial charge in [0.05, 0.1) is 5.92 Å². The van der Waals surface area contributed by atoms with Crippen LogP contribution in [-0.4, -0.2) is 5.97 Å². The minimum Gasteiger partial charge on any atom is -0.426 e. The fourth-order valence-corrected chi connectivity index (χ4v) is 4.09. The van der Waals surface area contributed by atoms with Crippen LogP contribution in [0.4, 0.5) is 8.78 Å². The van der Waals surface area contributed by atoms with Crippen LogP contribution < -0.4 is 4.74 Å². The first-order valence-corrected chi connectivity index (χ1v) is 10.8. The van der Waals surface area contributed by atoms with Crippen LogP contribution in [0.25, 0.3) is 0 Å². The average Bonchev–Trinajstić information content (AvgIpc) is 2.74. The molecule has 1 fully saturated rings. The molecule has 1 aliphatic carbocycles. The number of carbonyl (C=O) groups excluding carboxylic acids is 1. The van der Waals surface area contributed by atoms with Crippen molar-refractivity contribution in [2.45, 2.75) is 64.7 Å². The topological polar surface area (TPSA) is 26.3 Å². The van der Waals surface area contributed by atoms with Crippen molar-refractivity contribution < 1.29 is 18.3 Å². The van der Waals surface area contributed by atoms with E-state index >= 15 is 0 Å². The maximum Gasteiger partial charge on any atom is 0.314 e. The van der Waals surface area contributed by atoms with E-state index in [0.717, 1.165) is 48.8 Å². The minimum atomic E-state index is -0.825. The molecule has 2 aromatic carbocycles. The number of unbranched alkanes of at least 4 members (excludes halogenated alkanes) is 1. The molecule has 0 atom stereocenters. The Morgan fingerprint density at radius 3 is 2.24 bits per heavy atom. The smallest absolute Gasteiger partial charge is 0.314 e. The number of hydrogen-bond donors (Lipinski definition) is 0. The molecule has 0 amide bonds. The van der Waals surface area contributed by atoms with Gasteiger partial charge in [-0.3, -0.25) is 4.79 Å². The summed E-state index contributed by atoms with van der Waals surface area (Å²) < 4.78 is 31.9. The number of carbonyl (C=O) groups is 1. The average molecular weight is 401 g/mol. The second kappa shape index (κ2) is 10.5. The van der Waals surface area contributed by atoms with Gasteiger partial charge in [-0.1, -0.05) is 44.4 Å². The van der Waals surface area contributed by atoms with E-state index in [4.69, 9.17) is 4.74 Å². The molecule has 0 N–H and O–H groups in total. The highest BCUT2D eigenvalue weighted by Crippen LogP contribution is 2.32. The molecule has 0 saturated heterocycles. The van der Waals surface area contributed by atoms with E-state index < -0.39 is 11.6 Å². The van der Waals surface area contributed by atoms with Crippen molar-refractivity contribution in [3.05, 3.63) is 65.2 Å². The highest BCUT2D eigenvalue weighted by atomic mass is 19.2. The number of hydrogen-bond acceptors (Lipinski definition) is 2. The Morgan fingerprint density at radius 2 is 1.59 bits per heavy atom. The lowest BCUT2D eigenvalue weighted by Crippen LogP contribution is -2.25. The van der Waals surface area contributed by atoms with Gasteiger partial charge in [-0.25, -0.2) is 8.78 Å². The van der Waals surface area contributed by atoms with Gasteiger partial charge in [0, 0.05) is 0 Å². The third-order valence-electron chi connectivity index (χ3n) is 5.97. The van der Waals surface area contributed by atoms with Crippen molar-refractivity contribution in [1.29, 1.82) is 0 Å². The summed E-state index contributed by atoms with van der Waals surface area (Å²) in [5.41, 5.74) is 1.82. The summed E-state index contributed by atoms with van der Waals surface area (Å²) in [6.45, 7) is 2.22. The maximum absolute atomic E-state index is 13.3. The largest absolute Gasteiger partial charge is 0.426 e. The Kier molecular flexibility index (Phi) is 7.79. The van der Waals surface area contributed by atoms with Gasteiger partial charge in [-0.05, 0) is 79.8 Å². The molecular formula is C25H30F2O2. The summed E-state index contributed by atoms with van der Waals surface area (Å²) in [6, 6.07) is 11.5. The van der Waals surface area contributed by atoms with E-state index in [9.17, 15) is 13.6 Å². The third-order valence-corrected chi connectivity index (χ3v) is 5.97. The van der Waals surface area contributed by atoms with E-state index in [2.05, 4.69) is 6.92 Å². The second-order valence-corrected chi connectivity index (χ2v) is 8.17. The van der Waals surface area contributed by atoms with Crippen LogP contribution in [0.5, 0.6) is 5.75 Å². The molecule has 4 heteroatoms. The number of rotatable bonds is 8. The maximum atomic E-state index is 13.3. The van der Waals surface area contributed by atoms with Gasteiger partial charge >= 0.3 is 5.97 Å². The first kappa shape index (κ1) is 21.5. The van der Waals surface area contributed by atoms with Gasteiger partial charge in [0.15, 0.2) is 11.6 Å². The van der Waals surface area contributed by atoms with Gasteiger partial charge in [-0.15, -0.1) is 0 Å². The second-order valence-electron chi connectivity index (χ2n) is 8.17. The Morgan fingerprint density at radius 1 is 0.931 bits per heavy atom. The first-order chi connectivity index (χ1) is 14.0. The fourth-order valence-electron chi connectivity index (χ4n) is 4.09. The summed E-state index contributed by atoms with van der Waals surface area (Å²) in [6.07, 6.45) is 9.24. The van der Waals surface area contributed by atoms with Crippen LogP contribution in [0.2, 0.25) is 0 Å². The fraction of sp³-hybridized carbons (Fsp3) is 0.480. The summed E-state index contributed by atoms with van der Waals surface area (Å²) in [5.74, 6) is -0.402. The quantitative estimate of drug-likeness (QED) is 0.366. The van der Waals surface area contributed by atoms with Crippen molar-refractivity contribution in [2.24, 2.45) is 11.8 Å². The van der Waals surface area contributed by atoms with Crippen LogP contribution in [-0.2, 0) is 17.6 Å². The molecule has 1 saturated carbocycles. The zero-order chi connectivity index (χ0) is 20.6. The third kappa shape index (κ3) is 6.38. The number of halogens is 2. The molecule has 2 aromatic rings. The molecule has 3 rings (SSSR count). The molecule has 2 nitrogen and oxygen atoms in total. The standard InChI is InChI=1S/C25H30F2O2/c1-2-3-4-18-7-12-21(13-8-18)25(28)29-22-14-9-19(10-15-22)5-6-20-11-16-23(26)24(27)17-20/h9-11,14-18,21H,2-8,12-13H2,1H3. The molecule has 156 valence electrons. The number of ether oxygens (including phenoxy) is 1. The Labute approximate surface area is 172 Å². The predicted octanol–water partition coefficient (Wildman–Crippen LogP) is 6.65. The van der Waals surface area contributed by atoms with E-state index in [1.54, 1.807) is 6.07 Å². The van der Waals surface area contributed by atoms with Crippen LogP contribution in [0.1, 0.15) is 63.0 Å². The highest BCUT2D eigenvalue weighted by molar-refractivity contribution is 5.75. The minimum absolute atomic E-state index is 0.0147. The van der Waals surface area contributed by atoms with E-state index in [-0.39, 0.29) is 11.9 Å². The van der Waals surface area contributed by atoms with Crippen LogP contribution in [0.15, 0.2) is 42.5 Å². The number of aryl methyl sites for hydroxylation is 2. The monoisotopic (exact) mass is 400 g/mol. The molecule has 0 radical (unpaired) electrons. The summed E-state index contributed by atoms with van der Waals surface area (Å²) in [5, 5.41) is 0. The molecular weight excluding hydrogens is 370 g/mol. The highest BCUT2D eigenvalue weighted by Gasteiger charge is 2.27. The van der Waals surface area contributed by atoms with Gasteiger partial charge < -0.3 is 4.74 Å². The zero-order valence-corrected chi connectivity index (χ0v) is 17.1. The Balaban J connectivity index is 1.45. The van der Waals surface area contributed by atoms with Crippen molar-refractivity contribution >= 4 is 5.97 Å². The van der Waals surface area contributed by atoms with E-state index in [0.29, 0.717) is 18.6 Å². The normalized spacial score (nSPS) is 19.1. The van der Waals surface area contributed by atoms with Crippen molar-refractivity contribution in [1.82, 2.24) is 0 Å².